The van der Waals surface area contributed by atoms with E-state index in [-0.39, 0.29) is 24.2 Å². The van der Waals surface area contributed by atoms with Crippen molar-refractivity contribution in [2.75, 3.05) is 0 Å². The van der Waals surface area contributed by atoms with E-state index in [1.807, 2.05) is 23.6 Å². The van der Waals surface area contributed by atoms with E-state index in [0.29, 0.717) is 10.0 Å². The standard InChI is InChI=1S/C11H9Br2NOS.ClH/c12-6-4-7(11(15)8(13)5-6)10(14)9-2-1-3-16-9;/h1-5,10,15H,14H2;1H/t10-;/m1./s1. The SMILES string of the molecule is Cl.N[C@@H](c1cccs1)c1cc(Br)cc(Br)c1O. The van der Waals surface area contributed by atoms with Gasteiger partial charge in [-0.15, -0.1) is 23.7 Å². The molecule has 2 aromatic rings. The fourth-order valence-electron chi connectivity index (χ4n) is 1.44. The van der Waals surface area contributed by atoms with Crippen LogP contribution in [0.15, 0.2) is 38.6 Å². The topological polar surface area (TPSA) is 46.2 Å². The van der Waals surface area contributed by atoms with E-state index < -0.39 is 0 Å². The van der Waals surface area contributed by atoms with Crippen molar-refractivity contribution in [3.8, 4) is 5.75 Å². The monoisotopic (exact) mass is 397 g/mol. The van der Waals surface area contributed by atoms with E-state index in [4.69, 9.17) is 5.73 Å². The van der Waals surface area contributed by atoms with Crippen LogP contribution in [0.2, 0.25) is 0 Å². The number of nitrogens with two attached hydrogens (primary N) is 1. The zero-order chi connectivity index (χ0) is 11.7. The van der Waals surface area contributed by atoms with Crippen molar-refractivity contribution in [1.29, 1.82) is 0 Å². The number of thiophene rings is 1. The lowest BCUT2D eigenvalue weighted by atomic mass is 10.1. The molecule has 1 aromatic carbocycles. The largest absolute Gasteiger partial charge is 0.506 e. The Kier molecular flexibility index (Phi) is 5.47. The van der Waals surface area contributed by atoms with Gasteiger partial charge in [0.25, 0.3) is 0 Å². The molecule has 1 aromatic heterocycles. The molecule has 0 aliphatic carbocycles. The average molecular weight is 400 g/mol. The number of phenolic OH excluding ortho intramolecular Hbond substituents is 1. The molecule has 3 N–H and O–H groups in total. The highest BCUT2D eigenvalue weighted by Gasteiger charge is 2.16. The minimum Gasteiger partial charge on any atom is -0.506 e. The van der Waals surface area contributed by atoms with E-state index >= 15 is 0 Å². The highest BCUT2D eigenvalue weighted by Crippen LogP contribution is 2.37. The van der Waals surface area contributed by atoms with Crippen molar-refractivity contribution in [2.45, 2.75) is 6.04 Å². The molecule has 17 heavy (non-hydrogen) atoms. The molecule has 0 saturated carbocycles. The summed E-state index contributed by atoms with van der Waals surface area (Å²) in [5.74, 6) is 0.198. The second-order valence-corrected chi connectivity index (χ2v) is 6.07. The number of hydrogen-bond donors (Lipinski definition) is 2. The zero-order valence-corrected chi connectivity index (χ0v) is 13.4. The van der Waals surface area contributed by atoms with Crippen LogP contribution in [0, 0.1) is 0 Å². The molecule has 2 nitrogen and oxygen atoms in total. The predicted molar refractivity (Wildman–Crippen MR) is 81.1 cm³/mol. The fourth-order valence-corrected chi connectivity index (χ4v) is 3.45. The van der Waals surface area contributed by atoms with E-state index in [0.717, 1.165) is 9.35 Å². The third-order valence-corrected chi connectivity index (χ3v) is 4.26. The molecule has 2 rings (SSSR count). The van der Waals surface area contributed by atoms with Crippen LogP contribution < -0.4 is 5.73 Å². The summed E-state index contributed by atoms with van der Waals surface area (Å²) in [5.41, 5.74) is 6.82. The smallest absolute Gasteiger partial charge is 0.134 e. The Hall–Kier alpha value is -0.0700. The van der Waals surface area contributed by atoms with Gasteiger partial charge < -0.3 is 10.8 Å². The quantitative estimate of drug-likeness (QED) is 0.784. The minimum atomic E-state index is -0.297. The highest BCUT2D eigenvalue weighted by molar-refractivity contribution is 9.11. The summed E-state index contributed by atoms with van der Waals surface area (Å²) in [7, 11) is 0. The van der Waals surface area contributed by atoms with Crippen molar-refractivity contribution in [3.63, 3.8) is 0 Å². The summed E-state index contributed by atoms with van der Waals surface area (Å²) in [4.78, 5) is 1.03. The summed E-state index contributed by atoms with van der Waals surface area (Å²) < 4.78 is 1.53. The van der Waals surface area contributed by atoms with Crippen molar-refractivity contribution < 1.29 is 5.11 Å². The minimum absolute atomic E-state index is 0. The fraction of sp³-hybridized carbons (Fsp3) is 0.0909. The number of phenols is 1. The molecule has 1 atom stereocenters. The normalized spacial score (nSPS) is 11.9. The molecule has 0 spiro atoms. The lowest BCUT2D eigenvalue weighted by Gasteiger charge is -2.13. The van der Waals surface area contributed by atoms with Gasteiger partial charge >= 0.3 is 0 Å². The number of aromatic hydroxyl groups is 1. The van der Waals surface area contributed by atoms with Crippen LogP contribution in [0.5, 0.6) is 5.75 Å². The van der Waals surface area contributed by atoms with E-state index in [1.165, 1.54) is 0 Å². The summed E-state index contributed by atoms with van der Waals surface area (Å²) in [6.07, 6.45) is 0. The molecule has 1 heterocycles. The summed E-state index contributed by atoms with van der Waals surface area (Å²) in [6, 6.07) is 7.24. The van der Waals surface area contributed by atoms with E-state index in [9.17, 15) is 5.11 Å². The van der Waals surface area contributed by atoms with Gasteiger partial charge in [-0.05, 0) is 39.5 Å². The van der Waals surface area contributed by atoms with Crippen LogP contribution in [0.1, 0.15) is 16.5 Å². The van der Waals surface area contributed by atoms with Gasteiger partial charge in [0.15, 0.2) is 0 Å². The Morgan fingerprint density at radius 3 is 2.59 bits per heavy atom. The number of halogens is 3. The predicted octanol–water partition coefficient (Wildman–Crippen LogP) is 4.45. The van der Waals surface area contributed by atoms with Crippen LogP contribution in [-0.4, -0.2) is 5.11 Å². The maximum absolute atomic E-state index is 9.95. The molecule has 92 valence electrons. The van der Waals surface area contributed by atoms with Gasteiger partial charge in [-0.1, -0.05) is 22.0 Å². The van der Waals surface area contributed by atoms with Crippen molar-refractivity contribution in [2.24, 2.45) is 5.73 Å². The Labute approximate surface area is 127 Å². The molecule has 0 bridgehead atoms. The highest BCUT2D eigenvalue weighted by atomic mass is 79.9. The Balaban J connectivity index is 0.00000144. The van der Waals surface area contributed by atoms with Crippen molar-refractivity contribution >= 4 is 55.6 Å². The number of rotatable bonds is 2. The Morgan fingerprint density at radius 2 is 2.00 bits per heavy atom. The first-order valence-corrected chi connectivity index (χ1v) is 7.03. The van der Waals surface area contributed by atoms with Crippen molar-refractivity contribution in [1.82, 2.24) is 0 Å². The molecular formula is C11H10Br2ClNOS. The maximum Gasteiger partial charge on any atom is 0.134 e. The molecular weight excluding hydrogens is 389 g/mol. The molecule has 6 heteroatoms. The Morgan fingerprint density at radius 1 is 1.29 bits per heavy atom. The van der Waals surface area contributed by atoms with Gasteiger partial charge in [-0.2, -0.15) is 0 Å². The second-order valence-electron chi connectivity index (χ2n) is 3.32. The van der Waals surface area contributed by atoms with Crippen LogP contribution in [-0.2, 0) is 0 Å². The zero-order valence-electron chi connectivity index (χ0n) is 8.56. The molecule has 0 unspecified atom stereocenters. The summed E-state index contributed by atoms with van der Waals surface area (Å²) in [6.45, 7) is 0. The molecule has 0 fully saturated rings. The first-order valence-electron chi connectivity index (χ1n) is 4.56. The third kappa shape index (κ3) is 3.23. The lowest BCUT2D eigenvalue weighted by molar-refractivity contribution is 0.462. The average Bonchev–Trinajstić information content (AvgIpc) is 2.75. The van der Waals surface area contributed by atoms with Crippen LogP contribution in [0.4, 0.5) is 0 Å². The third-order valence-electron chi connectivity index (χ3n) is 2.24. The van der Waals surface area contributed by atoms with Gasteiger partial charge in [-0.25, -0.2) is 0 Å². The van der Waals surface area contributed by atoms with Crippen LogP contribution in [0.25, 0.3) is 0 Å². The summed E-state index contributed by atoms with van der Waals surface area (Å²) in [5, 5.41) is 11.9. The van der Waals surface area contributed by atoms with Gasteiger partial charge in [-0.3, -0.25) is 0 Å². The number of benzene rings is 1. The first kappa shape index (κ1) is 15.0. The number of hydrogen-bond acceptors (Lipinski definition) is 3. The van der Waals surface area contributed by atoms with Gasteiger partial charge in [0, 0.05) is 14.9 Å². The molecule has 0 aliphatic rings. The molecule has 0 aliphatic heterocycles. The summed E-state index contributed by atoms with van der Waals surface area (Å²) >= 11 is 8.26. The van der Waals surface area contributed by atoms with Gasteiger partial charge in [0.2, 0.25) is 0 Å². The van der Waals surface area contributed by atoms with Crippen molar-refractivity contribution in [3.05, 3.63) is 49.0 Å². The molecule has 0 radical (unpaired) electrons. The maximum atomic E-state index is 9.95. The van der Waals surface area contributed by atoms with E-state index in [1.54, 1.807) is 17.4 Å². The van der Waals surface area contributed by atoms with Gasteiger partial charge in [0.1, 0.15) is 5.75 Å². The van der Waals surface area contributed by atoms with Crippen LogP contribution in [0.3, 0.4) is 0 Å². The lowest BCUT2D eigenvalue weighted by Crippen LogP contribution is -2.10. The van der Waals surface area contributed by atoms with Gasteiger partial charge in [0.05, 0.1) is 10.5 Å². The Bertz CT molecular complexity index is 504. The van der Waals surface area contributed by atoms with Crippen LogP contribution >= 0.6 is 55.6 Å². The molecule has 0 saturated heterocycles. The molecule has 0 amide bonds. The first-order chi connectivity index (χ1) is 7.59. The second kappa shape index (κ2) is 6.20. The van der Waals surface area contributed by atoms with E-state index in [2.05, 4.69) is 31.9 Å².